The highest BCUT2D eigenvalue weighted by atomic mass is 16.5. The molecule has 0 radical (unpaired) electrons. The molecule has 1 saturated heterocycles. The molecule has 1 atom stereocenters. The van der Waals surface area contributed by atoms with Gasteiger partial charge in [0, 0.05) is 18.7 Å². The summed E-state index contributed by atoms with van der Waals surface area (Å²) in [7, 11) is 0. The van der Waals surface area contributed by atoms with Gasteiger partial charge in [0.2, 0.25) is 17.6 Å². The van der Waals surface area contributed by atoms with Crippen molar-refractivity contribution < 1.29 is 14.1 Å². The van der Waals surface area contributed by atoms with Crippen molar-refractivity contribution in [3.05, 3.63) is 101 Å². The Labute approximate surface area is 222 Å². The van der Waals surface area contributed by atoms with Crippen LogP contribution in [-0.4, -0.2) is 39.9 Å². The molecule has 1 fully saturated rings. The van der Waals surface area contributed by atoms with E-state index in [1.165, 1.54) is 0 Å². The lowest BCUT2D eigenvalue weighted by Gasteiger charge is -2.31. The van der Waals surface area contributed by atoms with E-state index in [4.69, 9.17) is 4.52 Å². The molecule has 2 amide bonds. The maximum absolute atomic E-state index is 13.2. The van der Waals surface area contributed by atoms with E-state index >= 15 is 0 Å². The minimum atomic E-state index is -0.226. The highest BCUT2D eigenvalue weighted by Crippen LogP contribution is 2.24. The molecule has 1 aliphatic heterocycles. The third-order valence-electron chi connectivity index (χ3n) is 6.81. The number of nitrogens with zero attached hydrogens (tertiary/aromatic N) is 3. The lowest BCUT2D eigenvalue weighted by molar-refractivity contribution is -0.121. The number of benzene rings is 3. The van der Waals surface area contributed by atoms with Gasteiger partial charge in [0.15, 0.2) is 0 Å². The summed E-state index contributed by atoms with van der Waals surface area (Å²) in [4.78, 5) is 32.9. The Morgan fingerprint density at radius 3 is 2.61 bits per heavy atom. The Kier molecular flexibility index (Phi) is 7.89. The van der Waals surface area contributed by atoms with Crippen molar-refractivity contribution >= 4 is 17.5 Å². The maximum atomic E-state index is 13.2. The molecule has 0 bridgehead atoms. The van der Waals surface area contributed by atoms with E-state index in [0.29, 0.717) is 42.6 Å². The first-order valence-electron chi connectivity index (χ1n) is 12.9. The third kappa shape index (κ3) is 6.15. The van der Waals surface area contributed by atoms with Crippen LogP contribution in [-0.2, 0) is 17.9 Å². The second kappa shape index (κ2) is 11.8. The standard InChI is InChI=1S/C30H31N5O3/c1-21-10-5-6-14-24(21)28-33-27(38-34-28)20-35-17-9-13-23(19-35)29(36)32-26-16-8-7-15-25(26)30(37)31-18-22-11-3-2-4-12-22/h2-8,10-12,14-16,23H,9,13,17-20H2,1H3,(H,31,37)(H,32,36). The highest BCUT2D eigenvalue weighted by Gasteiger charge is 2.28. The predicted octanol–water partition coefficient (Wildman–Crippen LogP) is 4.83. The van der Waals surface area contributed by atoms with Gasteiger partial charge in [-0.3, -0.25) is 14.5 Å². The van der Waals surface area contributed by atoms with Crippen LogP contribution < -0.4 is 10.6 Å². The van der Waals surface area contributed by atoms with Gasteiger partial charge in [0.1, 0.15) is 0 Å². The zero-order valence-electron chi connectivity index (χ0n) is 21.4. The molecule has 1 aliphatic rings. The van der Waals surface area contributed by atoms with Gasteiger partial charge in [0.25, 0.3) is 5.91 Å². The number of hydrogen-bond acceptors (Lipinski definition) is 6. The summed E-state index contributed by atoms with van der Waals surface area (Å²) in [6, 6.07) is 24.8. The van der Waals surface area contributed by atoms with Crippen LogP contribution in [0.5, 0.6) is 0 Å². The van der Waals surface area contributed by atoms with Gasteiger partial charge < -0.3 is 15.2 Å². The average Bonchev–Trinajstić information content (AvgIpc) is 3.41. The van der Waals surface area contributed by atoms with Crippen LogP contribution in [0.15, 0.2) is 83.4 Å². The summed E-state index contributed by atoms with van der Waals surface area (Å²) in [6.45, 7) is 4.35. The van der Waals surface area contributed by atoms with Gasteiger partial charge in [-0.25, -0.2) is 0 Å². The van der Waals surface area contributed by atoms with Crippen LogP contribution in [0.1, 0.15) is 40.2 Å². The van der Waals surface area contributed by atoms with Crippen LogP contribution >= 0.6 is 0 Å². The molecule has 4 aromatic rings. The van der Waals surface area contributed by atoms with E-state index < -0.39 is 0 Å². The van der Waals surface area contributed by atoms with Crippen LogP contribution in [0.2, 0.25) is 0 Å². The largest absolute Gasteiger partial charge is 0.348 e. The van der Waals surface area contributed by atoms with E-state index in [1.807, 2.05) is 67.6 Å². The van der Waals surface area contributed by atoms with E-state index in [-0.39, 0.29) is 17.7 Å². The maximum Gasteiger partial charge on any atom is 0.253 e. The van der Waals surface area contributed by atoms with Gasteiger partial charge in [-0.05, 0) is 49.6 Å². The monoisotopic (exact) mass is 509 g/mol. The van der Waals surface area contributed by atoms with E-state index in [9.17, 15) is 9.59 Å². The van der Waals surface area contributed by atoms with Gasteiger partial charge in [-0.2, -0.15) is 4.98 Å². The Bertz CT molecular complexity index is 1400. The number of hydrogen-bond donors (Lipinski definition) is 2. The number of para-hydroxylation sites is 1. The molecule has 0 aliphatic carbocycles. The Balaban J connectivity index is 1.19. The van der Waals surface area contributed by atoms with Crippen molar-refractivity contribution in [1.82, 2.24) is 20.4 Å². The molecule has 2 N–H and O–H groups in total. The van der Waals surface area contributed by atoms with Crippen LogP contribution in [0.4, 0.5) is 5.69 Å². The van der Waals surface area contributed by atoms with Crippen molar-refractivity contribution in [2.75, 3.05) is 18.4 Å². The van der Waals surface area contributed by atoms with Crippen molar-refractivity contribution in [3.8, 4) is 11.4 Å². The molecular weight excluding hydrogens is 478 g/mol. The highest BCUT2D eigenvalue weighted by molar-refractivity contribution is 6.04. The molecule has 8 heteroatoms. The fourth-order valence-electron chi connectivity index (χ4n) is 4.76. The minimum absolute atomic E-state index is 0.0934. The van der Waals surface area contributed by atoms with E-state index in [1.54, 1.807) is 18.2 Å². The Morgan fingerprint density at radius 1 is 1.00 bits per heavy atom. The van der Waals surface area contributed by atoms with E-state index in [2.05, 4.69) is 25.7 Å². The summed E-state index contributed by atoms with van der Waals surface area (Å²) < 4.78 is 5.52. The Hall–Kier alpha value is -4.30. The van der Waals surface area contributed by atoms with Gasteiger partial charge in [0.05, 0.1) is 23.7 Å². The second-order valence-electron chi connectivity index (χ2n) is 9.60. The second-order valence-corrected chi connectivity index (χ2v) is 9.60. The number of piperidine rings is 1. The number of carbonyl (C=O) groups is 2. The number of aromatic nitrogens is 2. The van der Waals surface area contributed by atoms with Crippen molar-refractivity contribution in [3.63, 3.8) is 0 Å². The first-order valence-corrected chi connectivity index (χ1v) is 12.9. The lowest BCUT2D eigenvalue weighted by Crippen LogP contribution is -2.40. The first-order chi connectivity index (χ1) is 18.6. The summed E-state index contributed by atoms with van der Waals surface area (Å²) in [5.41, 5.74) is 4.00. The summed E-state index contributed by atoms with van der Waals surface area (Å²) >= 11 is 0. The first kappa shape index (κ1) is 25.4. The number of anilines is 1. The molecule has 194 valence electrons. The van der Waals surface area contributed by atoms with Crippen molar-refractivity contribution in [1.29, 1.82) is 0 Å². The molecule has 0 spiro atoms. The average molecular weight is 510 g/mol. The third-order valence-corrected chi connectivity index (χ3v) is 6.81. The Morgan fingerprint density at radius 2 is 1.76 bits per heavy atom. The van der Waals surface area contributed by atoms with Gasteiger partial charge in [-0.15, -0.1) is 0 Å². The van der Waals surface area contributed by atoms with Gasteiger partial charge >= 0.3 is 0 Å². The number of rotatable bonds is 8. The molecule has 8 nitrogen and oxygen atoms in total. The quantitative estimate of drug-likeness (QED) is 0.353. The van der Waals surface area contributed by atoms with E-state index in [0.717, 1.165) is 36.1 Å². The zero-order valence-corrected chi connectivity index (χ0v) is 21.4. The fourth-order valence-corrected chi connectivity index (χ4v) is 4.76. The van der Waals surface area contributed by atoms with Crippen molar-refractivity contribution in [2.24, 2.45) is 5.92 Å². The number of nitrogens with one attached hydrogen (secondary N) is 2. The summed E-state index contributed by atoms with van der Waals surface area (Å²) in [6.07, 6.45) is 1.67. The molecule has 1 aromatic heterocycles. The topological polar surface area (TPSA) is 100 Å². The number of amides is 2. The minimum Gasteiger partial charge on any atom is -0.348 e. The van der Waals surface area contributed by atoms with Crippen LogP contribution in [0.3, 0.4) is 0 Å². The lowest BCUT2D eigenvalue weighted by atomic mass is 9.96. The van der Waals surface area contributed by atoms with Crippen LogP contribution in [0, 0.1) is 12.8 Å². The fraction of sp³-hybridized carbons (Fsp3) is 0.267. The molecule has 38 heavy (non-hydrogen) atoms. The molecule has 5 rings (SSSR count). The van der Waals surface area contributed by atoms with Crippen LogP contribution in [0.25, 0.3) is 11.4 Å². The normalized spacial score (nSPS) is 15.7. The smallest absolute Gasteiger partial charge is 0.253 e. The SMILES string of the molecule is Cc1ccccc1-c1noc(CN2CCCC(C(=O)Nc3ccccc3C(=O)NCc3ccccc3)C2)n1. The number of aryl methyl sites for hydroxylation is 1. The molecule has 2 heterocycles. The van der Waals surface area contributed by atoms with Crippen molar-refractivity contribution in [2.45, 2.75) is 32.9 Å². The predicted molar refractivity (Wildman–Crippen MR) is 145 cm³/mol. The summed E-state index contributed by atoms with van der Waals surface area (Å²) in [5.74, 6) is 0.583. The number of carbonyl (C=O) groups excluding carboxylic acids is 2. The summed E-state index contributed by atoms with van der Waals surface area (Å²) in [5, 5.41) is 10.1. The zero-order chi connectivity index (χ0) is 26.3. The number of likely N-dealkylation sites (tertiary alicyclic amines) is 1. The molecule has 1 unspecified atom stereocenters. The molecule has 3 aromatic carbocycles. The molecular formula is C30H31N5O3. The molecule has 0 saturated carbocycles. The van der Waals surface area contributed by atoms with Gasteiger partial charge in [-0.1, -0.05) is 71.9 Å².